The van der Waals surface area contributed by atoms with Gasteiger partial charge in [-0.2, -0.15) is 0 Å². The highest BCUT2D eigenvalue weighted by Gasteiger charge is 2.23. The number of halogens is 1. The first-order valence-electron chi connectivity index (χ1n) is 8.89. The van der Waals surface area contributed by atoms with Crippen LogP contribution in [0.15, 0.2) is 48.5 Å². The summed E-state index contributed by atoms with van der Waals surface area (Å²) in [7, 11) is 0. The van der Waals surface area contributed by atoms with Gasteiger partial charge >= 0.3 is 0 Å². The topological polar surface area (TPSA) is 50.4 Å². The zero-order chi connectivity index (χ0) is 17.6. The maximum absolute atomic E-state index is 12.4. The van der Waals surface area contributed by atoms with Gasteiger partial charge in [0.05, 0.1) is 18.8 Å². The van der Waals surface area contributed by atoms with Gasteiger partial charge in [0, 0.05) is 13.1 Å². The molecular formula is C21H27ClN2O2. The number of hydrogen-bond donors (Lipinski definition) is 2. The molecule has 1 aliphatic rings. The van der Waals surface area contributed by atoms with Crippen molar-refractivity contribution in [1.82, 2.24) is 10.6 Å². The molecule has 1 amide bonds. The lowest BCUT2D eigenvalue weighted by atomic mass is 9.95. The summed E-state index contributed by atoms with van der Waals surface area (Å²) < 4.78 is 5.60. The van der Waals surface area contributed by atoms with E-state index in [0.717, 1.165) is 24.1 Å². The van der Waals surface area contributed by atoms with E-state index < -0.39 is 0 Å². The highest BCUT2D eigenvalue weighted by Crippen LogP contribution is 2.16. The third kappa shape index (κ3) is 5.56. The minimum atomic E-state index is -0.159. The average molecular weight is 375 g/mol. The van der Waals surface area contributed by atoms with E-state index in [2.05, 4.69) is 34.9 Å². The maximum atomic E-state index is 12.4. The van der Waals surface area contributed by atoms with Crippen molar-refractivity contribution in [2.75, 3.05) is 0 Å². The Morgan fingerprint density at radius 3 is 2.46 bits per heavy atom. The Labute approximate surface area is 161 Å². The highest BCUT2D eigenvalue weighted by molar-refractivity contribution is 5.85. The van der Waals surface area contributed by atoms with Crippen molar-refractivity contribution in [3.63, 3.8) is 0 Å². The van der Waals surface area contributed by atoms with Crippen LogP contribution in [0, 0.1) is 0 Å². The van der Waals surface area contributed by atoms with Crippen LogP contribution in [0.5, 0.6) is 0 Å². The third-order valence-corrected chi connectivity index (χ3v) is 4.47. The quantitative estimate of drug-likeness (QED) is 0.815. The van der Waals surface area contributed by atoms with Gasteiger partial charge in [0.2, 0.25) is 5.91 Å². The molecule has 0 spiro atoms. The van der Waals surface area contributed by atoms with Gasteiger partial charge < -0.3 is 15.4 Å². The van der Waals surface area contributed by atoms with E-state index in [0.29, 0.717) is 13.2 Å². The highest BCUT2D eigenvalue weighted by atomic mass is 35.5. The molecule has 4 nitrogen and oxygen atoms in total. The lowest BCUT2D eigenvalue weighted by molar-refractivity contribution is -0.123. The van der Waals surface area contributed by atoms with Gasteiger partial charge in [0.25, 0.3) is 0 Å². The monoisotopic (exact) mass is 374 g/mol. The standard InChI is InChI=1S/C21H26N2O2.ClH/c1-15(2)25-14-17-9-7-16(8-10-17)12-23-21(24)20-11-18-5-3-4-6-19(18)13-22-20;/h3-10,15,20,22H,11-14H2,1-2H3,(H,23,24);1H. The molecule has 1 heterocycles. The Hall–Kier alpha value is -1.88. The first kappa shape index (κ1) is 20.4. The van der Waals surface area contributed by atoms with Gasteiger partial charge in [-0.15, -0.1) is 12.4 Å². The molecular weight excluding hydrogens is 348 g/mol. The molecule has 3 rings (SSSR count). The van der Waals surface area contributed by atoms with Crippen molar-refractivity contribution in [1.29, 1.82) is 0 Å². The molecule has 0 bridgehead atoms. The summed E-state index contributed by atoms with van der Waals surface area (Å²) in [5.74, 6) is 0.0571. The van der Waals surface area contributed by atoms with Gasteiger partial charge in [-0.3, -0.25) is 4.79 Å². The van der Waals surface area contributed by atoms with E-state index in [4.69, 9.17) is 4.74 Å². The Morgan fingerprint density at radius 2 is 1.77 bits per heavy atom. The Morgan fingerprint density at radius 1 is 1.12 bits per heavy atom. The number of benzene rings is 2. The van der Waals surface area contributed by atoms with Gasteiger partial charge in [0.1, 0.15) is 0 Å². The molecule has 26 heavy (non-hydrogen) atoms. The lowest BCUT2D eigenvalue weighted by Crippen LogP contribution is -2.47. The Bertz CT molecular complexity index is 716. The molecule has 1 aliphatic heterocycles. The molecule has 0 aromatic heterocycles. The van der Waals surface area contributed by atoms with Crippen molar-refractivity contribution in [2.45, 2.75) is 52.1 Å². The fourth-order valence-electron chi connectivity index (χ4n) is 2.97. The van der Waals surface area contributed by atoms with E-state index in [1.807, 2.05) is 38.1 Å². The van der Waals surface area contributed by atoms with E-state index in [1.54, 1.807) is 0 Å². The first-order valence-corrected chi connectivity index (χ1v) is 8.89. The van der Waals surface area contributed by atoms with Crippen LogP contribution in [0.3, 0.4) is 0 Å². The van der Waals surface area contributed by atoms with Crippen LogP contribution >= 0.6 is 12.4 Å². The van der Waals surface area contributed by atoms with E-state index in [-0.39, 0.29) is 30.5 Å². The summed E-state index contributed by atoms with van der Waals surface area (Å²) in [4.78, 5) is 12.4. The predicted octanol–water partition coefficient (Wildman–Crippen LogP) is 3.36. The average Bonchev–Trinajstić information content (AvgIpc) is 2.64. The first-order chi connectivity index (χ1) is 12.1. The molecule has 5 heteroatoms. The molecule has 0 fully saturated rings. The summed E-state index contributed by atoms with van der Waals surface area (Å²) >= 11 is 0. The summed E-state index contributed by atoms with van der Waals surface area (Å²) in [6, 6.07) is 16.3. The van der Waals surface area contributed by atoms with Crippen LogP contribution in [0.2, 0.25) is 0 Å². The minimum absolute atomic E-state index is 0. The largest absolute Gasteiger partial charge is 0.374 e. The minimum Gasteiger partial charge on any atom is -0.374 e. The molecule has 2 aromatic carbocycles. The van der Waals surface area contributed by atoms with Gasteiger partial charge in [-0.1, -0.05) is 48.5 Å². The van der Waals surface area contributed by atoms with Crippen LogP contribution in [0.25, 0.3) is 0 Å². The van der Waals surface area contributed by atoms with Crippen LogP contribution < -0.4 is 10.6 Å². The van der Waals surface area contributed by atoms with Crippen LogP contribution in [0.1, 0.15) is 36.1 Å². The zero-order valence-corrected chi connectivity index (χ0v) is 16.1. The van der Waals surface area contributed by atoms with Crippen molar-refractivity contribution >= 4 is 18.3 Å². The summed E-state index contributed by atoms with van der Waals surface area (Å²) in [6.07, 6.45) is 0.972. The third-order valence-electron chi connectivity index (χ3n) is 4.47. The smallest absolute Gasteiger partial charge is 0.237 e. The fraction of sp³-hybridized carbons (Fsp3) is 0.381. The number of carbonyl (C=O) groups excluding carboxylic acids is 1. The van der Waals surface area contributed by atoms with Crippen molar-refractivity contribution in [3.8, 4) is 0 Å². The predicted molar refractivity (Wildman–Crippen MR) is 106 cm³/mol. The Balaban J connectivity index is 0.00000243. The van der Waals surface area contributed by atoms with E-state index >= 15 is 0 Å². The molecule has 1 unspecified atom stereocenters. The number of ether oxygens (including phenoxy) is 1. The normalized spacial score (nSPS) is 15.9. The second kappa shape index (κ2) is 9.72. The van der Waals surface area contributed by atoms with Crippen molar-refractivity contribution in [3.05, 3.63) is 70.8 Å². The van der Waals surface area contributed by atoms with Crippen LogP contribution in [-0.4, -0.2) is 18.1 Å². The van der Waals surface area contributed by atoms with Gasteiger partial charge in [0.15, 0.2) is 0 Å². The van der Waals surface area contributed by atoms with E-state index in [1.165, 1.54) is 11.1 Å². The molecule has 1 atom stereocenters. The molecule has 2 aromatic rings. The summed E-state index contributed by atoms with van der Waals surface area (Å²) in [5, 5.41) is 6.36. The molecule has 0 saturated heterocycles. The molecule has 140 valence electrons. The number of carbonyl (C=O) groups is 1. The molecule has 0 radical (unpaired) electrons. The zero-order valence-electron chi connectivity index (χ0n) is 15.3. The van der Waals surface area contributed by atoms with Crippen molar-refractivity contribution < 1.29 is 9.53 Å². The van der Waals surface area contributed by atoms with Crippen molar-refractivity contribution in [2.24, 2.45) is 0 Å². The van der Waals surface area contributed by atoms with Gasteiger partial charge in [-0.25, -0.2) is 0 Å². The Kier molecular flexibility index (Phi) is 7.64. The number of hydrogen-bond acceptors (Lipinski definition) is 3. The molecule has 0 saturated carbocycles. The second-order valence-corrected chi connectivity index (χ2v) is 6.80. The fourth-order valence-corrected chi connectivity index (χ4v) is 2.97. The summed E-state index contributed by atoms with van der Waals surface area (Å²) in [6.45, 7) is 5.97. The lowest BCUT2D eigenvalue weighted by Gasteiger charge is -2.25. The molecule has 0 aliphatic carbocycles. The van der Waals surface area contributed by atoms with Gasteiger partial charge in [-0.05, 0) is 42.5 Å². The number of fused-ring (bicyclic) bond motifs is 1. The maximum Gasteiger partial charge on any atom is 0.237 e. The SMILES string of the molecule is CC(C)OCc1ccc(CNC(=O)C2Cc3ccccc3CN2)cc1.Cl. The number of nitrogens with one attached hydrogen (secondary N) is 2. The van der Waals surface area contributed by atoms with E-state index in [9.17, 15) is 4.79 Å². The second-order valence-electron chi connectivity index (χ2n) is 6.80. The van der Waals surface area contributed by atoms with Crippen LogP contribution in [0.4, 0.5) is 0 Å². The summed E-state index contributed by atoms with van der Waals surface area (Å²) in [5.41, 5.74) is 4.79. The molecule has 2 N–H and O–H groups in total. The number of amides is 1. The van der Waals surface area contributed by atoms with Crippen LogP contribution in [-0.2, 0) is 35.6 Å². The number of rotatable bonds is 6.